The Morgan fingerprint density at radius 1 is 1.18 bits per heavy atom. The van der Waals surface area contributed by atoms with Crippen LogP contribution in [0.2, 0.25) is 0 Å². The molecule has 1 aliphatic heterocycles. The molecule has 0 spiro atoms. The summed E-state index contributed by atoms with van der Waals surface area (Å²) in [6.07, 6.45) is 4.73. The zero-order chi connectivity index (χ0) is 23.2. The lowest BCUT2D eigenvalue weighted by atomic mass is 9.96. The zero-order valence-electron chi connectivity index (χ0n) is 18.8. The lowest BCUT2D eigenvalue weighted by Gasteiger charge is -2.31. The molecule has 0 aliphatic carbocycles. The summed E-state index contributed by atoms with van der Waals surface area (Å²) in [6, 6.07) is 15.7. The van der Waals surface area contributed by atoms with Gasteiger partial charge in [-0.25, -0.2) is 9.97 Å². The number of rotatable bonds is 7. The Hall–Kier alpha value is -3.87. The Morgan fingerprint density at radius 3 is 2.61 bits per heavy atom. The number of hydrogen-bond donors (Lipinski definition) is 2. The number of likely N-dealkylation sites (tertiary alicyclic amines) is 1. The summed E-state index contributed by atoms with van der Waals surface area (Å²) in [6.45, 7) is 7.84. The number of nitrogens with two attached hydrogens (primary N) is 1. The molecule has 170 valence electrons. The monoisotopic (exact) mass is 443 g/mol. The summed E-state index contributed by atoms with van der Waals surface area (Å²) in [4.78, 5) is 22.3. The summed E-state index contributed by atoms with van der Waals surface area (Å²) in [5.74, 6) is 3.16. The molecular formula is C26H29N5O2. The van der Waals surface area contributed by atoms with E-state index >= 15 is 0 Å². The highest BCUT2D eigenvalue weighted by Crippen LogP contribution is 2.33. The van der Waals surface area contributed by atoms with Gasteiger partial charge < -0.3 is 20.7 Å². The molecule has 4 rings (SSSR count). The van der Waals surface area contributed by atoms with E-state index in [1.165, 1.54) is 12.4 Å². The summed E-state index contributed by atoms with van der Waals surface area (Å²) in [5.41, 5.74) is 9.00. The number of aryl methyl sites for hydroxylation is 1. The summed E-state index contributed by atoms with van der Waals surface area (Å²) < 4.78 is 6.01. The minimum Gasteiger partial charge on any atom is -0.457 e. The predicted octanol–water partition coefficient (Wildman–Crippen LogP) is 4.66. The molecule has 0 bridgehead atoms. The van der Waals surface area contributed by atoms with Gasteiger partial charge >= 0.3 is 0 Å². The quantitative estimate of drug-likeness (QED) is 0.516. The number of nitrogen functional groups attached to an aromatic ring is 1. The average Bonchev–Trinajstić information content (AvgIpc) is 2.85. The van der Waals surface area contributed by atoms with Crippen molar-refractivity contribution in [3.8, 4) is 22.6 Å². The molecule has 3 N–H and O–H groups in total. The van der Waals surface area contributed by atoms with Crippen molar-refractivity contribution in [3.05, 3.63) is 73.1 Å². The first-order valence-electron chi connectivity index (χ1n) is 11.1. The third-order valence-corrected chi connectivity index (χ3v) is 6.00. The second kappa shape index (κ2) is 10.2. The van der Waals surface area contributed by atoms with E-state index in [1.807, 2.05) is 60.4 Å². The van der Waals surface area contributed by atoms with Crippen molar-refractivity contribution < 1.29 is 9.53 Å². The fraction of sp³-hybridized carbons (Fsp3) is 0.269. The standard InChI is InChI=1S/C26H29N5O2/c1-3-23(32)31-14-12-19(13-15-31)16-28-26-24(25(27)29-17-30-26)20-8-10-21(11-9-20)33-22-7-5-4-6-18(22)2/h3-11,17,19H,1,12-16H2,2H3,(H3,27,28,29,30). The molecule has 1 amide bonds. The lowest BCUT2D eigenvalue weighted by Crippen LogP contribution is -2.39. The van der Waals surface area contributed by atoms with Crippen LogP contribution in [0.5, 0.6) is 11.5 Å². The number of carbonyl (C=O) groups is 1. The van der Waals surface area contributed by atoms with Crippen molar-refractivity contribution in [3.63, 3.8) is 0 Å². The Kier molecular flexibility index (Phi) is 6.88. The molecule has 0 saturated carbocycles. The highest BCUT2D eigenvalue weighted by atomic mass is 16.5. The van der Waals surface area contributed by atoms with Crippen LogP contribution in [0.15, 0.2) is 67.5 Å². The van der Waals surface area contributed by atoms with Crippen LogP contribution in [0.3, 0.4) is 0 Å². The van der Waals surface area contributed by atoms with Crippen molar-refractivity contribution in [2.45, 2.75) is 19.8 Å². The van der Waals surface area contributed by atoms with Gasteiger partial charge in [0.15, 0.2) is 0 Å². The van der Waals surface area contributed by atoms with E-state index in [9.17, 15) is 4.79 Å². The smallest absolute Gasteiger partial charge is 0.245 e. The maximum Gasteiger partial charge on any atom is 0.245 e. The van der Waals surface area contributed by atoms with E-state index in [1.54, 1.807) is 0 Å². The molecule has 1 saturated heterocycles. The molecule has 7 heteroatoms. The van der Waals surface area contributed by atoms with Crippen LogP contribution in [0.4, 0.5) is 11.6 Å². The molecule has 7 nitrogen and oxygen atoms in total. The van der Waals surface area contributed by atoms with Crippen LogP contribution in [0, 0.1) is 12.8 Å². The number of anilines is 2. The highest BCUT2D eigenvalue weighted by molar-refractivity contribution is 5.87. The van der Waals surface area contributed by atoms with E-state index in [0.29, 0.717) is 17.6 Å². The van der Waals surface area contributed by atoms with Gasteiger partial charge in [0.2, 0.25) is 5.91 Å². The minimum absolute atomic E-state index is 0.00196. The van der Waals surface area contributed by atoms with E-state index in [-0.39, 0.29) is 5.91 Å². The molecule has 33 heavy (non-hydrogen) atoms. The second-order valence-corrected chi connectivity index (χ2v) is 8.23. The number of carbonyl (C=O) groups excluding carboxylic acids is 1. The molecule has 0 radical (unpaired) electrons. The van der Waals surface area contributed by atoms with Crippen molar-refractivity contribution in [2.75, 3.05) is 30.7 Å². The van der Waals surface area contributed by atoms with Crippen LogP contribution in [-0.2, 0) is 4.79 Å². The van der Waals surface area contributed by atoms with Gasteiger partial charge in [-0.3, -0.25) is 4.79 Å². The van der Waals surface area contributed by atoms with Crippen LogP contribution < -0.4 is 15.8 Å². The maximum absolute atomic E-state index is 11.8. The van der Waals surface area contributed by atoms with Crippen LogP contribution >= 0.6 is 0 Å². The molecule has 2 heterocycles. The van der Waals surface area contributed by atoms with Gasteiger partial charge in [-0.1, -0.05) is 36.9 Å². The van der Waals surface area contributed by atoms with Gasteiger partial charge in [0.1, 0.15) is 29.5 Å². The van der Waals surface area contributed by atoms with Gasteiger partial charge in [-0.2, -0.15) is 0 Å². The van der Waals surface area contributed by atoms with Gasteiger partial charge in [-0.05, 0) is 61.1 Å². The predicted molar refractivity (Wildman–Crippen MR) is 131 cm³/mol. The van der Waals surface area contributed by atoms with Crippen LogP contribution in [-0.4, -0.2) is 40.4 Å². The summed E-state index contributed by atoms with van der Waals surface area (Å²) >= 11 is 0. The Labute approximate surface area is 194 Å². The van der Waals surface area contributed by atoms with Gasteiger partial charge in [0.05, 0.1) is 5.56 Å². The van der Waals surface area contributed by atoms with Crippen molar-refractivity contribution >= 4 is 17.5 Å². The molecule has 3 aromatic rings. The van der Waals surface area contributed by atoms with Crippen molar-refractivity contribution in [1.29, 1.82) is 0 Å². The number of amides is 1. The maximum atomic E-state index is 11.8. The molecule has 0 atom stereocenters. The molecule has 0 unspecified atom stereocenters. The first kappa shape index (κ1) is 22.3. The topological polar surface area (TPSA) is 93.4 Å². The van der Waals surface area contributed by atoms with Gasteiger partial charge in [0.25, 0.3) is 0 Å². The Balaban J connectivity index is 1.44. The highest BCUT2D eigenvalue weighted by Gasteiger charge is 2.22. The largest absolute Gasteiger partial charge is 0.457 e. The van der Waals surface area contributed by atoms with E-state index < -0.39 is 0 Å². The summed E-state index contributed by atoms with van der Waals surface area (Å²) in [7, 11) is 0. The third kappa shape index (κ3) is 5.31. The number of ether oxygens (including phenoxy) is 1. The fourth-order valence-corrected chi connectivity index (χ4v) is 4.03. The van der Waals surface area contributed by atoms with E-state index in [2.05, 4.69) is 21.9 Å². The molecule has 2 aromatic carbocycles. The molecular weight excluding hydrogens is 414 g/mol. The number of aromatic nitrogens is 2. The van der Waals surface area contributed by atoms with Gasteiger partial charge in [0, 0.05) is 19.6 Å². The van der Waals surface area contributed by atoms with Crippen molar-refractivity contribution in [1.82, 2.24) is 14.9 Å². The number of nitrogens with one attached hydrogen (secondary N) is 1. The van der Waals surface area contributed by atoms with Crippen LogP contribution in [0.25, 0.3) is 11.1 Å². The molecule has 1 fully saturated rings. The number of para-hydroxylation sites is 1. The molecule has 1 aromatic heterocycles. The van der Waals surface area contributed by atoms with E-state index in [4.69, 9.17) is 10.5 Å². The van der Waals surface area contributed by atoms with Crippen molar-refractivity contribution in [2.24, 2.45) is 5.92 Å². The number of piperidine rings is 1. The van der Waals surface area contributed by atoms with Crippen LogP contribution in [0.1, 0.15) is 18.4 Å². The number of benzene rings is 2. The number of hydrogen-bond acceptors (Lipinski definition) is 6. The molecule has 1 aliphatic rings. The first-order chi connectivity index (χ1) is 16.0. The lowest BCUT2D eigenvalue weighted by molar-refractivity contribution is -0.127. The first-order valence-corrected chi connectivity index (χ1v) is 11.1. The average molecular weight is 444 g/mol. The number of nitrogens with zero attached hydrogens (tertiary/aromatic N) is 3. The summed E-state index contributed by atoms with van der Waals surface area (Å²) in [5, 5.41) is 3.46. The fourth-order valence-electron chi connectivity index (χ4n) is 4.03. The SMILES string of the molecule is C=CC(=O)N1CCC(CNc2ncnc(N)c2-c2ccc(Oc3ccccc3C)cc2)CC1. The minimum atomic E-state index is 0.00196. The van der Waals surface area contributed by atoms with E-state index in [0.717, 1.165) is 60.7 Å². The second-order valence-electron chi connectivity index (χ2n) is 8.23. The Bertz CT molecular complexity index is 1120. The van der Waals surface area contributed by atoms with Gasteiger partial charge in [-0.15, -0.1) is 0 Å². The Morgan fingerprint density at radius 2 is 1.91 bits per heavy atom. The third-order valence-electron chi connectivity index (χ3n) is 6.00. The normalized spacial score (nSPS) is 14.0. The zero-order valence-corrected chi connectivity index (χ0v) is 18.8.